The van der Waals surface area contributed by atoms with Crippen LogP contribution in [0.25, 0.3) is 0 Å². The first-order chi connectivity index (χ1) is 7.54. The number of hydrogen-bond donors (Lipinski definition) is 2. The molecule has 0 radical (unpaired) electrons. The van der Waals surface area contributed by atoms with E-state index in [9.17, 15) is 4.79 Å². The zero-order chi connectivity index (χ0) is 12.1. The first-order valence-electron chi connectivity index (χ1n) is 5.00. The Balaban J connectivity index is 2.60. The van der Waals surface area contributed by atoms with E-state index in [1.54, 1.807) is 18.7 Å². The lowest BCUT2D eigenvalue weighted by Crippen LogP contribution is -2.15. The Hall–Kier alpha value is -0.750. The molecule has 0 spiro atoms. The molecule has 6 heteroatoms. The molecule has 90 valence electrons. The van der Waals surface area contributed by atoms with Crippen molar-refractivity contribution in [3.63, 3.8) is 0 Å². The standard InChI is InChI=1S/C10H16N2O2S2/c1-6(4-5-15-3)11-10-12-7(2)8(16-10)9(13)14/h6H,4-5H2,1-3H3,(H,11,12)(H,13,14). The predicted molar refractivity (Wildman–Crippen MR) is 69.9 cm³/mol. The maximum absolute atomic E-state index is 10.8. The number of aromatic nitrogens is 1. The van der Waals surface area contributed by atoms with E-state index in [1.807, 2.05) is 0 Å². The zero-order valence-corrected chi connectivity index (χ0v) is 11.2. The maximum Gasteiger partial charge on any atom is 0.347 e. The average Bonchev–Trinajstić information content (AvgIpc) is 2.56. The van der Waals surface area contributed by atoms with E-state index >= 15 is 0 Å². The van der Waals surface area contributed by atoms with Gasteiger partial charge in [-0.25, -0.2) is 9.78 Å². The molecule has 4 nitrogen and oxygen atoms in total. The van der Waals surface area contributed by atoms with Crippen LogP contribution in [-0.4, -0.2) is 34.1 Å². The molecular weight excluding hydrogens is 244 g/mol. The molecule has 0 fully saturated rings. The zero-order valence-electron chi connectivity index (χ0n) is 9.61. The third-order valence-electron chi connectivity index (χ3n) is 2.12. The minimum Gasteiger partial charge on any atom is -0.477 e. The van der Waals surface area contributed by atoms with Crippen molar-refractivity contribution < 1.29 is 9.90 Å². The Morgan fingerprint density at radius 1 is 1.69 bits per heavy atom. The number of thioether (sulfide) groups is 1. The van der Waals surface area contributed by atoms with Crippen LogP contribution in [0, 0.1) is 6.92 Å². The Kier molecular flexibility index (Phi) is 5.08. The summed E-state index contributed by atoms with van der Waals surface area (Å²) in [6.07, 6.45) is 3.12. The van der Waals surface area contributed by atoms with Gasteiger partial charge in [-0.15, -0.1) is 0 Å². The number of carbonyl (C=O) groups is 1. The summed E-state index contributed by atoms with van der Waals surface area (Å²) in [6.45, 7) is 3.80. The van der Waals surface area contributed by atoms with Crippen molar-refractivity contribution in [3.8, 4) is 0 Å². The van der Waals surface area contributed by atoms with Crippen LogP contribution < -0.4 is 5.32 Å². The number of rotatable bonds is 6. The number of aryl methyl sites for hydroxylation is 1. The number of nitrogens with zero attached hydrogens (tertiary/aromatic N) is 1. The molecule has 0 saturated heterocycles. The molecule has 0 amide bonds. The quantitative estimate of drug-likeness (QED) is 0.823. The number of carboxylic acids is 1. The van der Waals surface area contributed by atoms with Crippen molar-refractivity contribution in [2.45, 2.75) is 26.3 Å². The van der Waals surface area contributed by atoms with E-state index in [2.05, 4.69) is 23.5 Å². The molecular formula is C10H16N2O2S2. The highest BCUT2D eigenvalue weighted by Gasteiger charge is 2.14. The Bertz CT molecular complexity index is 366. The summed E-state index contributed by atoms with van der Waals surface area (Å²) in [5.41, 5.74) is 0.581. The van der Waals surface area contributed by atoms with Gasteiger partial charge in [-0.1, -0.05) is 11.3 Å². The fraction of sp³-hybridized carbons (Fsp3) is 0.600. The van der Waals surface area contributed by atoms with Crippen molar-refractivity contribution in [1.82, 2.24) is 4.98 Å². The second kappa shape index (κ2) is 6.10. The van der Waals surface area contributed by atoms with Crippen molar-refractivity contribution in [3.05, 3.63) is 10.6 Å². The molecule has 1 unspecified atom stereocenters. The monoisotopic (exact) mass is 260 g/mol. The lowest BCUT2D eigenvalue weighted by atomic mass is 10.3. The maximum atomic E-state index is 10.8. The molecule has 1 atom stereocenters. The van der Waals surface area contributed by atoms with Gasteiger partial charge >= 0.3 is 5.97 Å². The van der Waals surface area contributed by atoms with Gasteiger partial charge in [-0.2, -0.15) is 11.8 Å². The minimum absolute atomic E-state index is 0.319. The van der Waals surface area contributed by atoms with Crippen LogP contribution in [0.15, 0.2) is 0 Å². The minimum atomic E-state index is -0.903. The smallest absolute Gasteiger partial charge is 0.347 e. The van der Waals surface area contributed by atoms with Gasteiger partial charge in [0.1, 0.15) is 4.88 Å². The first-order valence-corrected chi connectivity index (χ1v) is 7.21. The molecule has 0 aliphatic heterocycles. The highest BCUT2D eigenvalue weighted by atomic mass is 32.2. The average molecular weight is 260 g/mol. The third kappa shape index (κ3) is 3.68. The second-order valence-electron chi connectivity index (χ2n) is 3.57. The van der Waals surface area contributed by atoms with Gasteiger partial charge in [-0.3, -0.25) is 0 Å². The van der Waals surface area contributed by atoms with Crippen molar-refractivity contribution in [1.29, 1.82) is 0 Å². The van der Waals surface area contributed by atoms with Gasteiger partial charge in [0.25, 0.3) is 0 Å². The molecule has 0 aliphatic rings. The van der Waals surface area contributed by atoms with Crippen LogP contribution in [0.3, 0.4) is 0 Å². The van der Waals surface area contributed by atoms with Crippen LogP contribution in [0.5, 0.6) is 0 Å². The van der Waals surface area contributed by atoms with Crippen molar-refractivity contribution >= 4 is 34.2 Å². The summed E-state index contributed by atoms with van der Waals surface area (Å²) in [4.78, 5) is 15.4. The van der Waals surface area contributed by atoms with Crippen molar-refractivity contribution in [2.75, 3.05) is 17.3 Å². The molecule has 16 heavy (non-hydrogen) atoms. The summed E-state index contributed by atoms with van der Waals surface area (Å²) in [5.74, 6) is 0.185. The van der Waals surface area contributed by atoms with E-state index < -0.39 is 5.97 Å². The van der Waals surface area contributed by atoms with Crippen LogP contribution in [0.2, 0.25) is 0 Å². The van der Waals surface area contributed by atoms with Gasteiger partial charge in [0.15, 0.2) is 5.13 Å². The molecule has 1 rings (SSSR count). The molecule has 1 aromatic rings. The number of nitrogens with one attached hydrogen (secondary N) is 1. The topological polar surface area (TPSA) is 62.2 Å². The summed E-state index contributed by atoms with van der Waals surface area (Å²) >= 11 is 3.00. The number of hydrogen-bond acceptors (Lipinski definition) is 5. The molecule has 1 aromatic heterocycles. The number of carboxylic acid groups (broad SMARTS) is 1. The van der Waals surface area contributed by atoms with Gasteiger partial charge < -0.3 is 10.4 Å². The Morgan fingerprint density at radius 3 is 2.88 bits per heavy atom. The van der Waals surface area contributed by atoms with Gasteiger partial charge in [0.05, 0.1) is 5.69 Å². The fourth-order valence-corrected chi connectivity index (χ4v) is 2.74. The molecule has 0 bridgehead atoms. The molecule has 0 saturated carbocycles. The third-order valence-corrected chi connectivity index (χ3v) is 3.84. The Labute approximate surface area is 103 Å². The highest BCUT2D eigenvalue weighted by Crippen LogP contribution is 2.23. The van der Waals surface area contributed by atoms with E-state index in [1.165, 1.54) is 11.3 Å². The predicted octanol–water partition coefficient (Wildman–Crippen LogP) is 2.70. The van der Waals surface area contributed by atoms with E-state index in [0.717, 1.165) is 12.2 Å². The normalized spacial score (nSPS) is 12.4. The largest absolute Gasteiger partial charge is 0.477 e. The summed E-state index contributed by atoms with van der Waals surface area (Å²) in [6, 6.07) is 0.319. The Morgan fingerprint density at radius 2 is 2.38 bits per heavy atom. The van der Waals surface area contributed by atoms with Gasteiger partial charge in [-0.05, 0) is 32.3 Å². The van der Waals surface area contributed by atoms with E-state index in [0.29, 0.717) is 21.7 Å². The van der Waals surface area contributed by atoms with Crippen LogP contribution >= 0.6 is 23.1 Å². The molecule has 1 heterocycles. The number of aromatic carboxylic acids is 1. The molecule has 0 aromatic carbocycles. The lowest BCUT2D eigenvalue weighted by molar-refractivity contribution is 0.0701. The van der Waals surface area contributed by atoms with E-state index in [-0.39, 0.29) is 0 Å². The molecule has 0 aliphatic carbocycles. The summed E-state index contributed by atoms with van der Waals surface area (Å²) in [5, 5.41) is 12.8. The van der Waals surface area contributed by atoms with Crippen LogP contribution in [0.4, 0.5) is 5.13 Å². The van der Waals surface area contributed by atoms with E-state index in [4.69, 9.17) is 5.11 Å². The summed E-state index contributed by atoms with van der Waals surface area (Å²) in [7, 11) is 0. The second-order valence-corrected chi connectivity index (χ2v) is 5.55. The van der Waals surface area contributed by atoms with Crippen LogP contribution in [0.1, 0.15) is 28.7 Å². The summed E-state index contributed by atoms with van der Waals surface area (Å²) < 4.78 is 0. The SMILES string of the molecule is CSCCC(C)Nc1nc(C)c(C(=O)O)s1. The molecule has 2 N–H and O–H groups in total. The first kappa shape index (κ1) is 13.3. The number of anilines is 1. The fourth-order valence-electron chi connectivity index (χ4n) is 1.23. The van der Waals surface area contributed by atoms with Crippen molar-refractivity contribution in [2.24, 2.45) is 0 Å². The number of thiazole rings is 1. The lowest BCUT2D eigenvalue weighted by Gasteiger charge is -2.11. The van der Waals surface area contributed by atoms with Crippen LogP contribution in [-0.2, 0) is 0 Å². The van der Waals surface area contributed by atoms with Gasteiger partial charge in [0, 0.05) is 6.04 Å². The highest BCUT2D eigenvalue weighted by molar-refractivity contribution is 7.98. The van der Waals surface area contributed by atoms with Gasteiger partial charge in [0.2, 0.25) is 0 Å².